The molecule has 0 radical (unpaired) electrons. The first-order chi connectivity index (χ1) is 20.9. The molecule has 1 aliphatic heterocycles. The van der Waals surface area contributed by atoms with E-state index in [-0.39, 0.29) is 24.7 Å². The number of nitrogens with one attached hydrogen (secondary N) is 2. The predicted octanol–water partition coefficient (Wildman–Crippen LogP) is 4.08. The largest absolute Gasteiger partial charge is 0.573 e. The van der Waals surface area contributed by atoms with Gasteiger partial charge in [-0.1, -0.05) is 0 Å². The van der Waals surface area contributed by atoms with Crippen LogP contribution >= 0.6 is 11.3 Å². The topological polar surface area (TPSA) is 149 Å². The van der Waals surface area contributed by atoms with Crippen LogP contribution in [0.15, 0.2) is 36.5 Å². The number of pyridine rings is 1. The van der Waals surface area contributed by atoms with Crippen molar-refractivity contribution >= 4 is 39.0 Å². The van der Waals surface area contributed by atoms with Crippen molar-refractivity contribution in [3.05, 3.63) is 47.9 Å². The van der Waals surface area contributed by atoms with Gasteiger partial charge in [-0.25, -0.2) is 9.97 Å². The van der Waals surface area contributed by atoms with E-state index in [4.69, 9.17) is 9.97 Å². The summed E-state index contributed by atoms with van der Waals surface area (Å²) in [5, 5.41) is 38.8. The van der Waals surface area contributed by atoms with Crippen molar-refractivity contribution in [3.8, 4) is 16.3 Å². The third-order valence-corrected chi connectivity index (χ3v) is 9.17. The van der Waals surface area contributed by atoms with Gasteiger partial charge in [0.2, 0.25) is 5.95 Å². The number of aromatic nitrogens is 4. The Morgan fingerprint density at radius 2 is 1.84 bits per heavy atom. The zero-order valence-electron chi connectivity index (χ0n) is 24.0. The summed E-state index contributed by atoms with van der Waals surface area (Å²) in [4.78, 5) is 20.6. The molecule has 3 unspecified atom stereocenters. The van der Waals surface area contributed by atoms with Gasteiger partial charge in [-0.05, 0) is 57.0 Å². The molecule has 3 aromatic heterocycles. The van der Waals surface area contributed by atoms with Crippen molar-refractivity contribution in [2.75, 3.05) is 41.8 Å². The number of alkyl halides is 3. The highest BCUT2D eigenvalue weighted by Crippen LogP contribution is 2.41. The summed E-state index contributed by atoms with van der Waals surface area (Å²) < 4.78 is 42.2. The maximum atomic E-state index is 12.4. The first-order valence-corrected chi connectivity index (χ1v) is 15.0. The second-order valence-corrected chi connectivity index (χ2v) is 12.3. The van der Waals surface area contributed by atoms with Crippen LogP contribution in [0.1, 0.15) is 24.2 Å². The van der Waals surface area contributed by atoms with Gasteiger partial charge in [0.1, 0.15) is 28.2 Å². The van der Waals surface area contributed by atoms with Crippen molar-refractivity contribution in [1.82, 2.24) is 19.9 Å². The molecule has 2 fully saturated rings. The van der Waals surface area contributed by atoms with Crippen LogP contribution < -0.4 is 20.3 Å². The van der Waals surface area contributed by atoms with E-state index in [2.05, 4.69) is 25.3 Å². The Labute approximate surface area is 254 Å². The van der Waals surface area contributed by atoms with Crippen molar-refractivity contribution < 1.29 is 33.2 Å². The van der Waals surface area contributed by atoms with Crippen LogP contribution in [0.4, 0.5) is 30.6 Å². The van der Waals surface area contributed by atoms with Gasteiger partial charge in [-0.2, -0.15) is 4.98 Å². The van der Waals surface area contributed by atoms with Crippen molar-refractivity contribution in [2.24, 2.45) is 11.8 Å². The molecule has 234 valence electrons. The Hall–Kier alpha value is -3.79. The lowest BCUT2D eigenvalue weighted by atomic mass is 9.99. The number of aliphatic hydroxyl groups excluding tert-OH is 2. The summed E-state index contributed by atoms with van der Waals surface area (Å²) in [6.07, 6.45) is -3.56. The monoisotopic (exact) mass is 631 g/mol. The summed E-state index contributed by atoms with van der Waals surface area (Å²) in [6, 6.07) is 7.66. The number of anilines is 3. The number of halogens is 3. The maximum absolute atomic E-state index is 12.4. The Morgan fingerprint density at radius 1 is 1.09 bits per heavy atom. The molecule has 4 heterocycles. The van der Waals surface area contributed by atoms with Gasteiger partial charge in [0, 0.05) is 50.0 Å². The third-order valence-electron chi connectivity index (χ3n) is 8.14. The summed E-state index contributed by atoms with van der Waals surface area (Å²) in [7, 11) is 0. The average molecular weight is 632 g/mol. The highest BCUT2D eigenvalue weighted by Gasteiger charge is 2.47. The van der Waals surface area contributed by atoms with Crippen LogP contribution in [-0.2, 0) is 0 Å². The molecular weight excluding hydrogens is 599 g/mol. The molecule has 0 spiro atoms. The van der Waals surface area contributed by atoms with E-state index < -0.39 is 24.1 Å². The number of benzene rings is 1. The number of thiazole rings is 1. The number of rotatable bonds is 9. The number of aliphatic hydroxyl groups is 3. The zero-order valence-corrected chi connectivity index (χ0v) is 24.8. The van der Waals surface area contributed by atoms with Crippen LogP contribution in [0.2, 0.25) is 0 Å². The van der Waals surface area contributed by atoms with Gasteiger partial charge in [-0.3, -0.25) is 4.98 Å². The number of aryl methyl sites for hydroxylation is 2. The van der Waals surface area contributed by atoms with Gasteiger partial charge >= 0.3 is 6.36 Å². The van der Waals surface area contributed by atoms with Crippen molar-refractivity contribution in [3.63, 3.8) is 0 Å². The quantitative estimate of drug-likeness (QED) is 0.170. The Bertz CT molecular complexity index is 1650. The van der Waals surface area contributed by atoms with Crippen LogP contribution in [0.25, 0.3) is 20.8 Å². The third kappa shape index (κ3) is 6.09. The fraction of sp³-hybridized carbons (Fsp3) is 0.448. The summed E-state index contributed by atoms with van der Waals surface area (Å²) >= 11 is 1.45. The molecule has 1 saturated carbocycles. The van der Waals surface area contributed by atoms with Crippen LogP contribution in [0.5, 0.6) is 5.75 Å². The lowest BCUT2D eigenvalue weighted by Crippen LogP contribution is -2.49. The van der Waals surface area contributed by atoms with E-state index >= 15 is 0 Å². The first-order valence-electron chi connectivity index (χ1n) is 14.2. The number of hydrogen-bond acceptors (Lipinski definition) is 12. The molecule has 5 N–H and O–H groups in total. The van der Waals surface area contributed by atoms with Crippen LogP contribution in [0, 0.1) is 25.7 Å². The SMILES string of the molecule is Cc1nc(NCC2CN(c3ccc(OC(F)(F)F)cc3)C2)nc(NC2(O)CCC(CO)C2O)c1-c1nc2c(C)nccc2s1. The minimum absolute atomic E-state index is 0.217. The van der Waals surface area contributed by atoms with Crippen LogP contribution in [-0.4, -0.2) is 79.7 Å². The molecule has 6 rings (SSSR count). The van der Waals surface area contributed by atoms with Gasteiger partial charge in [0.25, 0.3) is 0 Å². The first kappa shape index (κ1) is 30.2. The van der Waals surface area contributed by atoms with Crippen molar-refractivity contribution in [1.29, 1.82) is 0 Å². The van der Waals surface area contributed by atoms with Gasteiger partial charge < -0.3 is 35.6 Å². The van der Waals surface area contributed by atoms with E-state index in [9.17, 15) is 28.5 Å². The Balaban J connectivity index is 1.20. The van der Waals surface area contributed by atoms with E-state index in [1.807, 2.05) is 24.8 Å². The normalized spacial score (nSPS) is 22.3. The van der Waals surface area contributed by atoms with E-state index in [0.29, 0.717) is 54.1 Å². The van der Waals surface area contributed by atoms with Gasteiger partial charge in [-0.15, -0.1) is 24.5 Å². The Morgan fingerprint density at radius 3 is 2.50 bits per heavy atom. The highest BCUT2D eigenvalue weighted by molar-refractivity contribution is 7.21. The lowest BCUT2D eigenvalue weighted by Gasteiger charge is -2.41. The van der Waals surface area contributed by atoms with E-state index in [1.54, 1.807) is 18.3 Å². The molecule has 1 aromatic carbocycles. The van der Waals surface area contributed by atoms with Gasteiger partial charge in [0.15, 0.2) is 5.72 Å². The molecule has 1 saturated heterocycles. The number of nitrogens with zero attached hydrogens (tertiary/aromatic N) is 5. The molecule has 0 amide bonds. The number of fused-ring (bicyclic) bond motifs is 1. The van der Waals surface area contributed by atoms with Crippen molar-refractivity contribution in [2.45, 2.75) is 44.9 Å². The predicted molar refractivity (Wildman–Crippen MR) is 160 cm³/mol. The summed E-state index contributed by atoms with van der Waals surface area (Å²) in [6.45, 7) is 5.36. The van der Waals surface area contributed by atoms with Crippen LogP contribution in [0.3, 0.4) is 0 Å². The molecule has 2 aliphatic rings. The standard InChI is InChI=1S/C29H32F3N7O4S/c1-15-22(26-36-23-16(2)33-10-8-21(23)44-26)25(38-28(42)9-7-18(14-40)24(28)41)37-27(35-15)34-11-17-12-39(13-17)19-3-5-20(6-4-19)43-29(30,31)32/h3-6,8,10,17-18,24,40-42H,7,9,11-14H2,1-2H3,(H2,34,35,37,38). The minimum Gasteiger partial charge on any atom is -0.406 e. The average Bonchev–Trinajstić information content (AvgIpc) is 3.49. The maximum Gasteiger partial charge on any atom is 0.573 e. The summed E-state index contributed by atoms with van der Waals surface area (Å²) in [5.74, 6) is 0.130. The molecule has 4 aromatic rings. The van der Waals surface area contributed by atoms with E-state index in [1.165, 1.54) is 23.5 Å². The molecule has 44 heavy (non-hydrogen) atoms. The molecule has 11 nitrogen and oxygen atoms in total. The second kappa shape index (κ2) is 11.6. The number of ether oxygens (including phenoxy) is 1. The zero-order chi connectivity index (χ0) is 31.2. The molecule has 3 atom stereocenters. The second-order valence-electron chi connectivity index (χ2n) is 11.3. The highest BCUT2D eigenvalue weighted by atomic mass is 32.1. The Kier molecular flexibility index (Phi) is 7.98. The number of hydrogen-bond donors (Lipinski definition) is 5. The van der Waals surface area contributed by atoms with E-state index in [0.717, 1.165) is 21.6 Å². The van der Waals surface area contributed by atoms with Gasteiger partial charge in [0.05, 0.1) is 21.7 Å². The molecule has 1 aliphatic carbocycles. The lowest BCUT2D eigenvalue weighted by molar-refractivity contribution is -0.274. The summed E-state index contributed by atoms with van der Waals surface area (Å²) in [5.41, 5.74) is 1.84. The minimum atomic E-state index is -4.73. The smallest absolute Gasteiger partial charge is 0.406 e. The molecule has 0 bridgehead atoms. The fourth-order valence-electron chi connectivity index (χ4n) is 5.73. The fourth-order valence-corrected chi connectivity index (χ4v) is 6.84. The molecule has 15 heteroatoms. The molecular formula is C29H32F3N7O4S.